The summed E-state index contributed by atoms with van der Waals surface area (Å²) in [5.74, 6) is 13.1. The van der Waals surface area contributed by atoms with Gasteiger partial charge in [0.25, 0.3) is 0 Å². The van der Waals surface area contributed by atoms with E-state index in [1.54, 1.807) is 0 Å². The molecule has 60 heavy (non-hydrogen) atoms. The van der Waals surface area contributed by atoms with E-state index in [0.29, 0.717) is 0 Å². The van der Waals surface area contributed by atoms with Gasteiger partial charge in [-0.3, -0.25) is 0 Å². The first-order chi connectivity index (χ1) is 29.4. The summed E-state index contributed by atoms with van der Waals surface area (Å²) in [5, 5.41) is 8.25. The summed E-state index contributed by atoms with van der Waals surface area (Å²) in [6.45, 7) is 4.15. The lowest BCUT2D eigenvalue weighted by molar-refractivity contribution is 0.664. The summed E-state index contributed by atoms with van der Waals surface area (Å²) in [6, 6.07) is 49.8. The van der Waals surface area contributed by atoms with Crippen molar-refractivity contribution in [1.82, 2.24) is 0 Å². The Morgan fingerprint density at radius 3 is 0.933 bits per heavy atom. The Morgan fingerprint density at radius 2 is 0.567 bits per heavy atom. The number of furan rings is 4. The standard InChI is InChI=1S/C56H32O4/c1-33-3-7-35(8-4-33)11-13-37-17-21-41-45-29-55-47(31-53(45)57-49(41)25-37)43-23-19-39(27-51(43)59-55)15-16-40-20-24-44-48-32-54-46(30-56(48)60-52(44)28-40)42-22-18-38(26-50(42)58-54)14-12-36-9-5-34(2)6-10-36/h3-10,15-32H,1-2H3. The predicted octanol–water partition coefficient (Wildman–Crippen LogP) is 14.9. The topological polar surface area (TPSA) is 52.6 Å². The van der Waals surface area contributed by atoms with Crippen LogP contribution in [-0.2, 0) is 0 Å². The summed E-state index contributed by atoms with van der Waals surface area (Å²) in [5.41, 5.74) is 14.9. The number of benzene rings is 8. The van der Waals surface area contributed by atoms with Crippen LogP contribution in [0.15, 0.2) is 163 Å². The molecule has 0 aliphatic heterocycles. The van der Waals surface area contributed by atoms with Crippen LogP contribution in [0.4, 0.5) is 0 Å². The van der Waals surface area contributed by atoms with E-state index in [9.17, 15) is 0 Å². The quantitative estimate of drug-likeness (QED) is 0.130. The molecular weight excluding hydrogens is 737 g/mol. The third-order valence-electron chi connectivity index (χ3n) is 11.5. The zero-order chi connectivity index (χ0) is 39.9. The Hall–Kier alpha value is -8.18. The van der Waals surface area contributed by atoms with E-state index in [1.165, 1.54) is 11.1 Å². The van der Waals surface area contributed by atoms with Gasteiger partial charge in [-0.05, 0) is 134 Å². The lowest BCUT2D eigenvalue weighted by Crippen LogP contribution is -1.77. The highest BCUT2D eigenvalue weighted by molar-refractivity contribution is 6.16. The lowest BCUT2D eigenvalue weighted by Gasteiger charge is -1.96. The molecule has 0 saturated heterocycles. The SMILES string of the molecule is Cc1ccc(C#Cc2ccc3c(c2)oc2cc4c(cc23)oc2cc(C=Cc3ccc5c(c3)oc3cc6c(cc35)oc3cc(C#Cc5ccc(C)cc5)ccc36)ccc24)cc1. The normalized spacial score (nSPS) is 11.8. The summed E-state index contributed by atoms with van der Waals surface area (Å²) in [7, 11) is 0. The molecule has 4 heterocycles. The Balaban J connectivity index is 0.812. The Bertz CT molecular complexity index is 3640. The molecule has 12 aromatic rings. The molecule has 0 atom stereocenters. The second kappa shape index (κ2) is 13.2. The van der Waals surface area contributed by atoms with Crippen LogP contribution < -0.4 is 0 Å². The molecule has 4 heteroatoms. The maximum atomic E-state index is 6.45. The van der Waals surface area contributed by atoms with Gasteiger partial charge < -0.3 is 17.7 Å². The van der Waals surface area contributed by atoms with Crippen LogP contribution in [0.5, 0.6) is 0 Å². The van der Waals surface area contributed by atoms with Crippen LogP contribution >= 0.6 is 0 Å². The van der Waals surface area contributed by atoms with Gasteiger partial charge >= 0.3 is 0 Å². The van der Waals surface area contributed by atoms with Crippen LogP contribution in [0.1, 0.15) is 44.5 Å². The molecule has 0 fully saturated rings. The smallest absolute Gasteiger partial charge is 0.136 e. The molecule has 0 aliphatic rings. The number of aryl methyl sites for hydroxylation is 2. The first kappa shape index (κ1) is 33.9. The summed E-state index contributed by atoms with van der Waals surface area (Å²) in [6.07, 6.45) is 4.21. The minimum absolute atomic E-state index is 0.810. The molecule has 12 rings (SSSR count). The van der Waals surface area contributed by atoms with Crippen LogP contribution in [0.3, 0.4) is 0 Å². The molecule has 0 spiro atoms. The average Bonchev–Trinajstić information content (AvgIpc) is 4.02. The van der Waals surface area contributed by atoms with Gasteiger partial charge in [-0.2, -0.15) is 0 Å². The van der Waals surface area contributed by atoms with Crippen LogP contribution in [-0.4, -0.2) is 0 Å². The fraction of sp³-hybridized carbons (Fsp3) is 0.0357. The fourth-order valence-electron chi connectivity index (χ4n) is 8.24. The molecule has 0 bridgehead atoms. The van der Waals surface area contributed by atoms with Gasteiger partial charge in [0.05, 0.1) is 0 Å². The Labute approximate surface area is 343 Å². The molecule has 0 N–H and O–H groups in total. The monoisotopic (exact) mass is 768 g/mol. The van der Waals surface area contributed by atoms with E-state index in [1.807, 2.05) is 48.5 Å². The lowest BCUT2D eigenvalue weighted by atomic mass is 10.1. The fourth-order valence-corrected chi connectivity index (χ4v) is 8.24. The van der Waals surface area contributed by atoms with Crippen LogP contribution in [0.25, 0.3) is 99.9 Å². The van der Waals surface area contributed by atoms with E-state index >= 15 is 0 Å². The van der Waals surface area contributed by atoms with Crippen molar-refractivity contribution in [3.63, 3.8) is 0 Å². The van der Waals surface area contributed by atoms with Crippen LogP contribution in [0.2, 0.25) is 0 Å². The van der Waals surface area contributed by atoms with Crippen LogP contribution in [0, 0.1) is 37.5 Å². The van der Waals surface area contributed by atoms with Crippen molar-refractivity contribution in [2.24, 2.45) is 0 Å². The second-order valence-corrected chi connectivity index (χ2v) is 15.6. The number of rotatable bonds is 2. The van der Waals surface area contributed by atoms with E-state index in [4.69, 9.17) is 17.7 Å². The first-order valence-corrected chi connectivity index (χ1v) is 19.9. The molecule has 4 aromatic heterocycles. The van der Waals surface area contributed by atoms with Crippen molar-refractivity contribution in [3.8, 4) is 23.7 Å². The molecule has 4 nitrogen and oxygen atoms in total. The van der Waals surface area contributed by atoms with Crippen molar-refractivity contribution >= 4 is 99.9 Å². The Morgan fingerprint density at radius 1 is 0.283 bits per heavy atom. The zero-order valence-electron chi connectivity index (χ0n) is 32.6. The average molecular weight is 769 g/mol. The largest absolute Gasteiger partial charge is 0.456 e. The van der Waals surface area contributed by atoms with E-state index in [0.717, 1.165) is 121 Å². The first-order valence-electron chi connectivity index (χ1n) is 19.9. The van der Waals surface area contributed by atoms with Crippen molar-refractivity contribution in [2.45, 2.75) is 13.8 Å². The number of hydrogen-bond acceptors (Lipinski definition) is 4. The maximum absolute atomic E-state index is 6.45. The van der Waals surface area contributed by atoms with Crippen molar-refractivity contribution in [1.29, 1.82) is 0 Å². The molecular formula is C56H32O4. The Kier molecular flexibility index (Phi) is 7.45. The zero-order valence-corrected chi connectivity index (χ0v) is 32.6. The maximum Gasteiger partial charge on any atom is 0.136 e. The molecule has 0 amide bonds. The highest BCUT2D eigenvalue weighted by Gasteiger charge is 2.16. The predicted molar refractivity (Wildman–Crippen MR) is 245 cm³/mol. The van der Waals surface area contributed by atoms with Gasteiger partial charge in [0.2, 0.25) is 0 Å². The number of hydrogen-bond donors (Lipinski definition) is 0. The molecule has 8 aromatic carbocycles. The van der Waals surface area contributed by atoms with Gasteiger partial charge in [0, 0.05) is 65.3 Å². The highest BCUT2D eigenvalue weighted by Crippen LogP contribution is 2.39. The third kappa shape index (κ3) is 5.82. The molecule has 0 unspecified atom stereocenters. The number of fused-ring (bicyclic) bond motifs is 12. The molecule has 280 valence electrons. The van der Waals surface area contributed by atoms with E-state index in [2.05, 4.69) is 147 Å². The third-order valence-corrected chi connectivity index (χ3v) is 11.5. The summed E-state index contributed by atoms with van der Waals surface area (Å²) < 4.78 is 25.6. The van der Waals surface area contributed by atoms with Crippen molar-refractivity contribution in [2.75, 3.05) is 0 Å². The molecule has 0 saturated carbocycles. The van der Waals surface area contributed by atoms with Gasteiger partial charge in [0.1, 0.15) is 44.7 Å². The molecule has 0 aliphatic carbocycles. The second-order valence-electron chi connectivity index (χ2n) is 15.6. The van der Waals surface area contributed by atoms with Gasteiger partial charge in [-0.25, -0.2) is 0 Å². The van der Waals surface area contributed by atoms with Gasteiger partial charge in [-0.1, -0.05) is 83.4 Å². The minimum Gasteiger partial charge on any atom is -0.456 e. The minimum atomic E-state index is 0.810. The van der Waals surface area contributed by atoms with Gasteiger partial charge in [-0.15, -0.1) is 0 Å². The van der Waals surface area contributed by atoms with Crippen molar-refractivity contribution in [3.05, 3.63) is 190 Å². The van der Waals surface area contributed by atoms with E-state index in [-0.39, 0.29) is 0 Å². The van der Waals surface area contributed by atoms with Gasteiger partial charge in [0.15, 0.2) is 0 Å². The summed E-state index contributed by atoms with van der Waals surface area (Å²) >= 11 is 0. The summed E-state index contributed by atoms with van der Waals surface area (Å²) in [4.78, 5) is 0. The van der Waals surface area contributed by atoms with E-state index < -0.39 is 0 Å². The highest BCUT2D eigenvalue weighted by atomic mass is 16.3. The van der Waals surface area contributed by atoms with Crippen molar-refractivity contribution < 1.29 is 17.7 Å². The molecule has 0 radical (unpaired) electrons.